The molecule has 1 aliphatic heterocycles. The summed E-state index contributed by atoms with van der Waals surface area (Å²) in [5, 5.41) is 9.06. The van der Waals surface area contributed by atoms with Gasteiger partial charge in [0.1, 0.15) is 0 Å². The lowest BCUT2D eigenvalue weighted by molar-refractivity contribution is -0.0716. The van der Waals surface area contributed by atoms with E-state index < -0.39 is 0 Å². The summed E-state index contributed by atoms with van der Waals surface area (Å²) >= 11 is 0. The lowest BCUT2D eigenvalue weighted by Crippen LogP contribution is -2.37. The van der Waals surface area contributed by atoms with Gasteiger partial charge in [-0.3, -0.25) is 4.90 Å². The van der Waals surface area contributed by atoms with Gasteiger partial charge in [-0.05, 0) is 25.7 Å². The highest BCUT2D eigenvalue weighted by Crippen LogP contribution is 2.41. The first-order chi connectivity index (χ1) is 8.78. The van der Waals surface area contributed by atoms with Crippen LogP contribution in [0.5, 0.6) is 0 Å². The minimum absolute atomic E-state index is 0.210. The fourth-order valence-corrected chi connectivity index (χ4v) is 3.46. The van der Waals surface area contributed by atoms with Crippen LogP contribution in [0.3, 0.4) is 0 Å². The molecule has 1 spiro atoms. The summed E-state index contributed by atoms with van der Waals surface area (Å²) in [5.41, 5.74) is 0.210. The molecule has 0 bridgehead atoms. The minimum Gasteiger partial charge on any atom is -0.395 e. The second kappa shape index (κ2) is 6.69. The van der Waals surface area contributed by atoms with Crippen LogP contribution in [-0.2, 0) is 4.74 Å². The van der Waals surface area contributed by atoms with Crippen LogP contribution in [0.1, 0.15) is 44.9 Å². The molecule has 0 aromatic carbocycles. The summed E-state index contributed by atoms with van der Waals surface area (Å²) in [6.07, 6.45) is 11.2. The standard InChI is InChI=1S/C15H27NO2/c1-2-10-16(11-12-17)13-14-6-9-15(18-14)7-4-3-5-8-15/h2,14,17H,1,3-13H2. The first kappa shape index (κ1) is 14.0. The third kappa shape index (κ3) is 3.56. The van der Waals surface area contributed by atoms with Crippen molar-refractivity contribution in [3.63, 3.8) is 0 Å². The van der Waals surface area contributed by atoms with Gasteiger partial charge in [0, 0.05) is 19.6 Å². The van der Waals surface area contributed by atoms with Crippen LogP contribution in [0.25, 0.3) is 0 Å². The van der Waals surface area contributed by atoms with Crippen molar-refractivity contribution in [2.24, 2.45) is 0 Å². The van der Waals surface area contributed by atoms with Crippen molar-refractivity contribution in [2.45, 2.75) is 56.7 Å². The quantitative estimate of drug-likeness (QED) is 0.738. The zero-order chi connectivity index (χ0) is 12.8. The molecule has 1 unspecified atom stereocenters. The molecule has 2 fully saturated rings. The van der Waals surface area contributed by atoms with Crippen molar-refractivity contribution < 1.29 is 9.84 Å². The number of aliphatic hydroxyl groups excluding tert-OH is 1. The van der Waals surface area contributed by atoms with Crippen LogP contribution < -0.4 is 0 Å². The van der Waals surface area contributed by atoms with Crippen molar-refractivity contribution in [1.82, 2.24) is 4.90 Å². The van der Waals surface area contributed by atoms with E-state index in [0.717, 1.165) is 19.6 Å². The van der Waals surface area contributed by atoms with E-state index >= 15 is 0 Å². The zero-order valence-electron chi connectivity index (χ0n) is 11.4. The highest BCUT2D eigenvalue weighted by Gasteiger charge is 2.40. The SMILES string of the molecule is C=CCN(CCO)CC1CCC2(CCCCC2)O1. The molecule has 1 atom stereocenters. The Morgan fingerprint density at radius 1 is 1.28 bits per heavy atom. The Morgan fingerprint density at radius 3 is 2.72 bits per heavy atom. The predicted octanol–water partition coefficient (Wildman–Crippen LogP) is 2.35. The maximum absolute atomic E-state index is 9.06. The molecule has 1 N–H and O–H groups in total. The first-order valence-corrected chi connectivity index (χ1v) is 7.40. The largest absolute Gasteiger partial charge is 0.395 e. The molecule has 0 aromatic rings. The third-order valence-corrected chi connectivity index (χ3v) is 4.37. The summed E-state index contributed by atoms with van der Waals surface area (Å²) in [7, 11) is 0. The molecule has 104 valence electrons. The van der Waals surface area contributed by atoms with Crippen molar-refractivity contribution in [3.05, 3.63) is 12.7 Å². The molecule has 1 saturated carbocycles. The van der Waals surface area contributed by atoms with Gasteiger partial charge in [0.15, 0.2) is 0 Å². The Hall–Kier alpha value is -0.380. The molecule has 1 saturated heterocycles. The molecular formula is C15H27NO2. The Bertz CT molecular complexity index is 261. The average Bonchev–Trinajstić information content (AvgIpc) is 2.74. The van der Waals surface area contributed by atoms with Gasteiger partial charge >= 0.3 is 0 Å². The van der Waals surface area contributed by atoms with Gasteiger partial charge < -0.3 is 9.84 Å². The third-order valence-electron chi connectivity index (χ3n) is 4.37. The van der Waals surface area contributed by atoms with E-state index in [-0.39, 0.29) is 12.2 Å². The van der Waals surface area contributed by atoms with Crippen molar-refractivity contribution >= 4 is 0 Å². The van der Waals surface area contributed by atoms with E-state index in [1.807, 2.05) is 6.08 Å². The monoisotopic (exact) mass is 253 g/mol. The molecule has 3 heteroatoms. The first-order valence-electron chi connectivity index (χ1n) is 7.40. The van der Waals surface area contributed by atoms with E-state index in [1.165, 1.54) is 44.9 Å². The number of rotatable bonds is 6. The van der Waals surface area contributed by atoms with E-state index in [2.05, 4.69) is 11.5 Å². The highest BCUT2D eigenvalue weighted by molar-refractivity contribution is 4.92. The predicted molar refractivity (Wildman–Crippen MR) is 73.6 cm³/mol. The Kier molecular flexibility index (Phi) is 5.22. The van der Waals surface area contributed by atoms with Crippen LogP contribution in [0.15, 0.2) is 12.7 Å². The second-order valence-corrected chi connectivity index (χ2v) is 5.79. The second-order valence-electron chi connectivity index (χ2n) is 5.79. The van der Waals surface area contributed by atoms with Gasteiger partial charge in [-0.1, -0.05) is 25.3 Å². The summed E-state index contributed by atoms with van der Waals surface area (Å²) in [6.45, 7) is 6.49. The van der Waals surface area contributed by atoms with Gasteiger partial charge in [0.2, 0.25) is 0 Å². The Balaban J connectivity index is 1.81. The van der Waals surface area contributed by atoms with Gasteiger partial charge in [0.05, 0.1) is 18.3 Å². The molecule has 2 aliphatic rings. The fourth-order valence-electron chi connectivity index (χ4n) is 3.46. The van der Waals surface area contributed by atoms with Gasteiger partial charge in [0.25, 0.3) is 0 Å². The molecule has 1 aliphatic carbocycles. The maximum atomic E-state index is 9.06. The number of aliphatic hydroxyl groups is 1. The van der Waals surface area contributed by atoms with Crippen LogP contribution in [0.2, 0.25) is 0 Å². The topological polar surface area (TPSA) is 32.7 Å². The number of hydrogen-bond acceptors (Lipinski definition) is 3. The number of hydrogen-bond donors (Lipinski definition) is 1. The van der Waals surface area contributed by atoms with Gasteiger partial charge in [-0.15, -0.1) is 6.58 Å². The molecule has 0 aromatic heterocycles. The lowest BCUT2D eigenvalue weighted by atomic mass is 9.83. The van der Waals surface area contributed by atoms with Crippen LogP contribution in [0.4, 0.5) is 0 Å². The van der Waals surface area contributed by atoms with Crippen molar-refractivity contribution in [1.29, 1.82) is 0 Å². The summed E-state index contributed by atoms with van der Waals surface area (Å²) < 4.78 is 6.36. The van der Waals surface area contributed by atoms with Crippen LogP contribution in [-0.4, -0.2) is 48.0 Å². The van der Waals surface area contributed by atoms with Gasteiger partial charge in [-0.2, -0.15) is 0 Å². The van der Waals surface area contributed by atoms with E-state index in [0.29, 0.717) is 6.10 Å². The van der Waals surface area contributed by atoms with Crippen LogP contribution in [0, 0.1) is 0 Å². The summed E-state index contributed by atoms with van der Waals surface area (Å²) in [4.78, 5) is 2.24. The average molecular weight is 253 g/mol. The van der Waals surface area contributed by atoms with E-state index in [9.17, 15) is 0 Å². The molecule has 0 radical (unpaired) electrons. The van der Waals surface area contributed by atoms with E-state index in [4.69, 9.17) is 9.84 Å². The van der Waals surface area contributed by atoms with Crippen molar-refractivity contribution in [3.8, 4) is 0 Å². The fraction of sp³-hybridized carbons (Fsp3) is 0.867. The maximum Gasteiger partial charge on any atom is 0.0710 e. The molecule has 3 nitrogen and oxygen atoms in total. The van der Waals surface area contributed by atoms with Crippen molar-refractivity contribution in [2.75, 3.05) is 26.2 Å². The zero-order valence-corrected chi connectivity index (χ0v) is 11.4. The molecule has 0 amide bonds. The minimum atomic E-state index is 0.210. The normalized spacial score (nSPS) is 26.9. The Labute approximate surface area is 111 Å². The van der Waals surface area contributed by atoms with Crippen LogP contribution >= 0.6 is 0 Å². The summed E-state index contributed by atoms with van der Waals surface area (Å²) in [6, 6.07) is 0. The lowest BCUT2D eigenvalue weighted by Gasteiger charge is -2.34. The Morgan fingerprint density at radius 2 is 2.06 bits per heavy atom. The number of ether oxygens (including phenoxy) is 1. The highest BCUT2D eigenvalue weighted by atomic mass is 16.5. The molecule has 1 heterocycles. The molecule has 2 rings (SSSR count). The molecular weight excluding hydrogens is 226 g/mol. The van der Waals surface area contributed by atoms with Gasteiger partial charge in [-0.25, -0.2) is 0 Å². The molecule has 18 heavy (non-hydrogen) atoms. The summed E-state index contributed by atoms with van der Waals surface area (Å²) in [5.74, 6) is 0. The smallest absolute Gasteiger partial charge is 0.0710 e. The van der Waals surface area contributed by atoms with E-state index in [1.54, 1.807) is 0 Å². The number of nitrogens with zero attached hydrogens (tertiary/aromatic N) is 1.